The molecule has 1 saturated heterocycles. The molecular formula is C25H33N5O2. The van der Waals surface area contributed by atoms with Gasteiger partial charge in [-0.2, -0.15) is 4.98 Å². The lowest BCUT2D eigenvalue weighted by molar-refractivity contribution is 0.240. The summed E-state index contributed by atoms with van der Waals surface area (Å²) in [5.74, 6) is 1.98. The fourth-order valence-electron chi connectivity index (χ4n) is 4.50. The number of benzene rings is 1. The topological polar surface area (TPSA) is 86.4 Å². The molecule has 0 spiro atoms. The lowest BCUT2D eigenvalue weighted by Gasteiger charge is -2.34. The Morgan fingerprint density at radius 1 is 1.03 bits per heavy atom. The van der Waals surface area contributed by atoms with E-state index in [4.69, 9.17) is 4.98 Å². The number of aryl methyl sites for hydroxylation is 3. The number of aromatic nitrogens is 3. The lowest BCUT2D eigenvalue weighted by Crippen LogP contribution is -2.34. The van der Waals surface area contributed by atoms with Gasteiger partial charge in [0.15, 0.2) is 0 Å². The van der Waals surface area contributed by atoms with Gasteiger partial charge in [0, 0.05) is 55.2 Å². The van der Waals surface area contributed by atoms with Crippen molar-refractivity contribution in [2.45, 2.75) is 46.6 Å². The Bertz CT molecular complexity index is 1070. The highest BCUT2D eigenvalue weighted by molar-refractivity contribution is 5.64. The van der Waals surface area contributed by atoms with E-state index in [1.807, 2.05) is 37.0 Å². The highest BCUT2D eigenvalue weighted by Gasteiger charge is 2.20. The lowest BCUT2D eigenvalue weighted by atomic mass is 9.93. The van der Waals surface area contributed by atoms with Crippen molar-refractivity contribution in [1.29, 1.82) is 0 Å². The summed E-state index contributed by atoms with van der Waals surface area (Å²) in [6.45, 7) is 8.48. The highest BCUT2D eigenvalue weighted by Crippen LogP contribution is 2.30. The fourth-order valence-corrected chi connectivity index (χ4v) is 4.50. The standard InChI is InChI=1S/C25H33N5O2/c1-17-12-22(4-5-23(17)29-9-6-20(7-10-29)8-11-31)27-25-26-13-18(2)24(28-25)30-14-19(3)21(15-30)16-32/h4-5,12-15,20,31-32H,6-11,16H2,1-3H3,(H,26,27,28). The minimum atomic E-state index is 0.0127. The average molecular weight is 436 g/mol. The van der Waals surface area contributed by atoms with Crippen LogP contribution in [0, 0.1) is 26.7 Å². The summed E-state index contributed by atoms with van der Waals surface area (Å²) < 4.78 is 1.94. The molecule has 1 aliphatic heterocycles. The van der Waals surface area contributed by atoms with Gasteiger partial charge >= 0.3 is 0 Å². The summed E-state index contributed by atoms with van der Waals surface area (Å²) in [7, 11) is 0. The molecule has 3 N–H and O–H groups in total. The van der Waals surface area contributed by atoms with Crippen LogP contribution in [0.25, 0.3) is 5.82 Å². The van der Waals surface area contributed by atoms with Crippen molar-refractivity contribution in [2.75, 3.05) is 29.9 Å². The second-order valence-corrected chi connectivity index (χ2v) is 8.80. The monoisotopic (exact) mass is 435 g/mol. The predicted octanol–water partition coefficient (Wildman–Crippen LogP) is 4.03. The second kappa shape index (κ2) is 9.71. The molecule has 4 rings (SSSR count). The third kappa shape index (κ3) is 4.79. The first-order valence-corrected chi connectivity index (χ1v) is 11.3. The van der Waals surface area contributed by atoms with Crippen molar-refractivity contribution in [2.24, 2.45) is 5.92 Å². The fraction of sp³-hybridized carbons (Fsp3) is 0.440. The number of aliphatic hydroxyl groups is 2. The molecule has 170 valence electrons. The van der Waals surface area contributed by atoms with Crippen LogP contribution >= 0.6 is 0 Å². The number of aliphatic hydroxyl groups excluding tert-OH is 2. The maximum atomic E-state index is 9.50. The average Bonchev–Trinajstić information content (AvgIpc) is 3.16. The summed E-state index contributed by atoms with van der Waals surface area (Å²) in [5.41, 5.74) is 6.33. The van der Waals surface area contributed by atoms with E-state index in [9.17, 15) is 10.2 Å². The summed E-state index contributed by atoms with van der Waals surface area (Å²) in [6.07, 6.45) is 8.90. The van der Waals surface area contributed by atoms with Gasteiger partial charge in [0.25, 0.3) is 0 Å². The van der Waals surface area contributed by atoms with Gasteiger partial charge in [0.05, 0.1) is 6.61 Å². The number of nitrogens with one attached hydrogen (secondary N) is 1. The maximum Gasteiger partial charge on any atom is 0.229 e. The predicted molar refractivity (Wildman–Crippen MR) is 128 cm³/mol. The van der Waals surface area contributed by atoms with Gasteiger partial charge in [-0.25, -0.2) is 4.98 Å². The SMILES string of the molecule is Cc1cn(-c2nc(Nc3ccc(N4CCC(CCO)CC4)c(C)c3)ncc2C)cc1CO. The van der Waals surface area contributed by atoms with E-state index < -0.39 is 0 Å². The quantitative estimate of drug-likeness (QED) is 0.520. The molecule has 1 aromatic carbocycles. The number of hydrogen-bond donors (Lipinski definition) is 3. The van der Waals surface area contributed by atoms with Gasteiger partial charge in [-0.3, -0.25) is 0 Å². The van der Waals surface area contributed by atoms with Crippen LogP contribution in [-0.2, 0) is 6.61 Å². The van der Waals surface area contributed by atoms with Crippen molar-refractivity contribution in [1.82, 2.24) is 14.5 Å². The molecule has 0 radical (unpaired) electrons. The number of hydrogen-bond acceptors (Lipinski definition) is 6. The molecular weight excluding hydrogens is 402 g/mol. The van der Waals surface area contributed by atoms with Crippen molar-refractivity contribution in [3.8, 4) is 5.82 Å². The van der Waals surface area contributed by atoms with Crippen molar-refractivity contribution >= 4 is 17.3 Å². The zero-order chi connectivity index (χ0) is 22.7. The molecule has 7 nitrogen and oxygen atoms in total. The molecule has 0 amide bonds. The Morgan fingerprint density at radius 3 is 2.47 bits per heavy atom. The van der Waals surface area contributed by atoms with Crippen LogP contribution in [0.1, 0.15) is 41.5 Å². The van der Waals surface area contributed by atoms with E-state index >= 15 is 0 Å². The summed E-state index contributed by atoms with van der Waals surface area (Å²) in [5, 5.41) is 22.0. The molecule has 0 atom stereocenters. The van der Waals surface area contributed by atoms with Crippen LogP contribution in [0.2, 0.25) is 0 Å². The third-order valence-electron chi connectivity index (χ3n) is 6.44. The molecule has 0 saturated carbocycles. The molecule has 3 aromatic rings. The molecule has 32 heavy (non-hydrogen) atoms. The molecule has 0 aliphatic carbocycles. The molecule has 0 bridgehead atoms. The van der Waals surface area contributed by atoms with Crippen LogP contribution in [0.5, 0.6) is 0 Å². The van der Waals surface area contributed by atoms with Crippen LogP contribution in [-0.4, -0.2) is 44.4 Å². The smallest absolute Gasteiger partial charge is 0.229 e. The largest absolute Gasteiger partial charge is 0.396 e. The van der Waals surface area contributed by atoms with Crippen molar-refractivity contribution in [3.05, 3.63) is 59.0 Å². The number of piperidine rings is 1. The molecule has 0 unspecified atom stereocenters. The molecule has 2 aromatic heterocycles. The number of anilines is 3. The Hall–Kier alpha value is -2.90. The Kier molecular flexibility index (Phi) is 6.77. The Labute approximate surface area is 189 Å². The van der Waals surface area contributed by atoms with Crippen molar-refractivity contribution in [3.63, 3.8) is 0 Å². The zero-order valence-corrected chi connectivity index (χ0v) is 19.2. The summed E-state index contributed by atoms with van der Waals surface area (Å²) in [6, 6.07) is 6.39. The number of nitrogens with zero attached hydrogens (tertiary/aromatic N) is 4. The van der Waals surface area contributed by atoms with E-state index in [2.05, 4.69) is 40.3 Å². The third-order valence-corrected chi connectivity index (χ3v) is 6.44. The molecule has 3 heterocycles. The van der Waals surface area contributed by atoms with E-state index in [0.717, 1.165) is 60.5 Å². The Morgan fingerprint density at radius 2 is 1.81 bits per heavy atom. The van der Waals surface area contributed by atoms with E-state index in [-0.39, 0.29) is 6.61 Å². The number of rotatable bonds is 7. The highest BCUT2D eigenvalue weighted by atomic mass is 16.3. The minimum absolute atomic E-state index is 0.0127. The van der Waals surface area contributed by atoms with Crippen LogP contribution < -0.4 is 10.2 Å². The first kappa shape index (κ1) is 22.3. The first-order valence-electron chi connectivity index (χ1n) is 11.3. The molecule has 7 heteroatoms. The zero-order valence-electron chi connectivity index (χ0n) is 19.2. The van der Waals surface area contributed by atoms with Crippen LogP contribution in [0.4, 0.5) is 17.3 Å². The summed E-state index contributed by atoms with van der Waals surface area (Å²) in [4.78, 5) is 11.6. The van der Waals surface area contributed by atoms with Crippen LogP contribution in [0.15, 0.2) is 36.8 Å². The van der Waals surface area contributed by atoms with Crippen molar-refractivity contribution < 1.29 is 10.2 Å². The van der Waals surface area contributed by atoms with E-state index in [1.165, 1.54) is 11.3 Å². The normalized spacial score (nSPS) is 14.7. The van der Waals surface area contributed by atoms with Gasteiger partial charge in [0.1, 0.15) is 5.82 Å². The summed E-state index contributed by atoms with van der Waals surface area (Å²) >= 11 is 0. The van der Waals surface area contributed by atoms with Gasteiger partial charge in [-0.1, -0.05) is 0 Å². The van der Waals surface area contributed by atoms with Gasteiger partial charge < -0.3 is 25.0 Å². The molecule has 1 fully saturated rings. The minimum Gasteiger partial charge on any atom is -0.396 e. The maximum absolute atomic E-state index is 9.50. The van der Waals surface area contributed by atoms with E-state index in [0.29, 0.717) is 18.5 Å². The van der Waals surface area contributed by atoms with Gasteiger partial charge in [-0.15, -0.1) is 0 Å². The van der Waals surface area contributed by atoms with Crippen LogP contribution in [0.3, 0.4) is 0 Å². The van der Waals surface area contributed by atoms with Gasteiger partial charge in [-0.05, 0) is 80.8 Å². The van der Waals surface area contributed by atoms with E-state index in [1.54, 1.807) is 0 Å². The Balaban J connectivity index is 1.49. The first-order chi connectivity index (χ1) is 15.5. The molecule has 1 aliphatic rings. The second-order valence-electron chi connectivity index (χ2n) is 8.80. The van der Waals surface area contributed by atoms with Gasteiger partial charge in [0.2, 0.25) is 5.95 Å².